The lowest BCUT2D eigenvalue weighted by atomic mass is 9.96. The van der Waals surface area contributed by atoms with Gasteiger partial charge < -0.3 is 5.32 Å². The summed E-state index contributed by atoms with van der Waals surface area (Å²) in [4.78, 5) is 21.4. The van der Waals surface area contributed by atoms with Crippen LogP contribution in [0.1, 0.15) is 22.9 Å². The van der Waals surface area contributed by atoms with E-state index in [9.17, 15) is 4.79 Å². The maximum atomic E-state index is 12.4. The molecule has 1 N–H and O–H groups in total. The van der Waals surface area contributed by atoms with Crippen LogP contribution < -0.4 is 5.32 Å². The number of nitrogens with zero attached hydrogens (tertiary/aromatic N) is 3. The lowest BCUT2D eigenvalue weighted by Crippen LogP contribution is -2.50. The second-order valence-electron chi connectivity index (χ2n) is 7.96. The van der Waals surface area contributed by atoms with Crippen LogP contribution in [0, 0.1) is 0 Å². The molecule has 1 amide bonds. The summed E-state index contributed by atoms with van der Waals surface area (Å²) in [5.41, 5.74) is 3.63. The number of benzene rings is 2. The predicted octanol–water partition coefficient (Wildman–Crippen LogP) is 3.15. The monoisotopic (exact) mass is 414 g/mol. The van der Waals surface area contributed by atoms with Gasteiger partial charge in [-0.3, -0.25) is 19.6 Å². The molecule has 2 aromatic carbocycles. The molecule has 3 aromatic rings. The zero-order chi connectivity index (χ0) is 21.3. The Hall–Kier alpha value is -3.02. The van der Waals surface area contributed by atoms with Crippen molar-refractivity contribution in [3.05, 3.63) is 102 Å². The van der Waals surface area contributed by atoms with E-state index in [1.807, 2.05) is 18.2 Å². The van der Waals surface area contributed by atoms with Gasteiger partial charge in [0.25, 0.3) is 0 Å². The number of carbonyl (C=O) groups excluding carboxylic acids is 1. The van der Waals surface area contributed by atoms with Gasteiger partial charge >= 0.3 is 0 Å². The summed E-state index contributed by atoms with van der Waals surface area (Å²) in [6, 6.07) is 27.5. The summed E-state index contributed by atoms with van der Waals surface area (Å²) in [6.45, 7) is 4.75. The molecule has 0 spiro atoms. The summed E-state index contributed by atoms with van der Waals surface area (Å²) >= 11 is 0. The molecular formula is C26H30N4O. The third-order valence-electron chi connectivity index (χ3n) is 5.80. The number of aromatic nitrogens is 1. The first-order valence-electron chi connectivity index (χ1n) is 11.0. The maximum Gasteiger partial charge on any atom is 0.234 e. The zero-order valence-corrected chi connectivity index (χ0v) is 17.9. The first-order valence-corrected chi connectivity index (χ1v) is 11.0. The van der Waals surface area contributed by atoms with E-state index in [1.54, 1.807) is 6.20 Å². The molecule has 31 heavy (non-hydrogen) atoms. The van der Waals surface area contributed by atoms with Gasteiger partial charge in [0.15, 0.2) is 0 Å². The van der Waals surface area contributed by atoms with Gasteiger partial charge in [0.1, 0.15) is 0 Å². The fourth-order valence-electron chi connectivity index (χ4n) is 4.20. The number of hydrogen-bond donors (Lipinski definition) is 1. The minimum Gasteiger partial charge on any atom is -0.355 e. The standard InChI is InChI=1S/C26H30N4O/c31-25(28-16-14-24-13-7-8-15-27-24)21-29-17-19-30(20-18-29)26(22-9-3-1-4-10-22)23-11-5-2-6-12-23/h1-13,15,26H,14,16-21H2,(H,28,31). The van der Waals surface area contributed by atoms with E-state index >= 15 is 0 Å². The first-order chi connectivity index (χ1) is 15.3. The molecule has 0 saturated carbocycles. The number of piperazine rings is 1. The van der Waals surface area contributed by atoms with E-state index < -0.39 is 0 Å². The van der Waals surface area contributed by atoms with Crippen LogP contribution in [0.3, 0.4) is 0 Å². The number of rotatable bonds is 8. The Morgan fingerprint density at radius 2 is 1.45 bits per heavy atom. The van der Waals surface area contributed by atoms with Crippen molar-refractivity contribution in [3.63, 3.8) is 0 Å². The smallest absolute Gasteiger partial charge is 0.234 e. The Morgan fingerprint density at radius 3 is 2.03 bits per heavy atom. The highest BCUT2D eigenvalue weighted by molar-refractivity contribution is 5.78. The molecule has 1 aliphatic heterocycles. The van der Waals surface area contributed by atoms with Gasteiger partial charge in [-0.05, 0) is 23.3 Å². The predicted molar refractivity (Wildman–Crippen MR) is 124 cm³/mol. The molecule has 0 atom stereocenters. The van der Waals surface area contributed by atoms with Gasteiger partial charge in [0.05, 0.1) is 12.6 Å². The van der Waals surface area contributed by atoms with Crippen LogP contribution in [0.15, 0.2) is 85.1 Å². The summed E-state index contributed by atoms with van der Waals surface area (Å²) in [7, 11) is 0. The fraction of sp³-hybridized carbons (Fsp3) is 0.308. The van der Waals surface area contributed by atoms with E-state index in [4.69, 9.17) is 0 Å². The number of pyridine rings is 1. The Labute approximate surface area is 184 Å². The average molecular weight is 415 g/mol. The molecule has 0 radical (unpaired) electrons. The quantitative estimate of drug-likeness (QED) is 0.615. The van der Waals surface area contributed by atoms with Crippen molar-refractivity contribution in [2.45, 2.75) is 12.5 Å². The third kappa shape index (κ3) is 6.00. The highest BCUT2D eigenvalue weighted by Gasteiger charge is 2.26. The highest BCUT2D eigenvalue weighted by atomic mass is 16.2. The van der Waals surface area contributed by atoms with E-state index in [2.05, 4.69) is 80.8 Å². The summed E-state index contributed by atoms with van der Waals surface area (Å²) in [6.07, 6.45) is 2.55. The SMILES string of the molecule is O=C(CN1CCN(C(c2ccccc2)c2ccccc2)CC1)NCCc1ccccn1. The Balaban J connectivity index is 1.29. The van der Waals surface area contributed by atoms with Crippen LogP contribution >= 0.6 is 0 Å². The van der Waals surface area contributed by atoms with Crippen molar-refractivity contribution in [2.24, 2.45) is 0 Å². The number of nitrogens with one attached hydrogen (secondary N) is 1. The van der Waals surface area contributed by atoms with Gasteiger partial charge in [-0.1, -0.05) is 66.7 Å². The molecule has 5 heteroatoms. The van der Waals surface area contributed by atoms with Crippen LogP contribution in [0.2, 0.25) is 0 Å². The number of carbonyl (C=O) groups is 1. The number of hydrogen-bond acceptors (Lipinski definition) is 4. The van der Waals surface area contributed by atoms with Gasteiger partial charge in [-0.25, -0.2) is 0 Å². The molecule has 1 aromatic heterocycles. The van der Waals surface area contributed by atoms with Gasteiger partial charge in [-0.15, -0.1) is 0 Å². The second kappa shape index (κ2) is 10.8. The third-order valence-corrected chi connectivity index (χ3v) is 5.80. The largest absolute Gasteiger partial charge is 0.355 e. The molecule has 5 nitrogen and oxygen atoms in total. The van der Waals surface area contributed by atoms with Crippen molar-refractivity contribution in [1.29, 1.82) is 0 Å². The normalized spacial score (nSPS) is 15.1. The molecule has 2 heterocycles. The second-order valence-corrected chi connectivity index (χ2v) is 7.96. The van der Waals surface area contributed by atoms with Crippen LogP contribution in [0.25, 0.3) is 0 Å². The van der Waals surface area contributed by atoms with Gasteiger partial charge in [-0.2, -0.15) is 0 Å². The molecule has 1 aliphatic rings. The lowest BCUT2D eigenvalue weighted by Gasteiger charge is -2.39. The Kier molecular flexibility index (Phi) is 7.42. The molecule has 4 rings (SSSR count). The van der Waals surface area contributed by atoms with E-state index in [0.717, 1.165) is 38.3 Å². The number of amides is 1. The highest BCUT2D eigenvalue weighted by Crippen LogP contribution is 2.29. The summed E-state index contributed by atoms with van der Waals surface area (Å²) < 4.78 is 0. The van der Waals surface area contributed by atoms with E-state index in [-0.39, 0.29) is 11.9 Å². The molecule has 160 valence electrons. The Bertz CT molecular complexity index is 886. The Morgan fingerprint density at radius 1 is 0.839 bits per heavy atom. The molecule has 0 bridgehead atoms. The average Bonchev–Trinajstić information content (AvgIpc) is 2.82. The topological polar surface area (TPSA) is 48.5 Å². The van der Waals surface area contributed by atoms with Crippen molar-refractivity contribution >= 4 is 5.91 Å². The summed E-state index contributed by atoms with van der Waals surface area (Å²) in [5.74, 6) is 0.0899. The zero-order valence-electron chi connectivity index (χ0n) is 17.9. The summed E-state index contributed by atoms with van der Waals surface area (Å²) in [5, 5.41) is 3.03. The van der Waals surface area contributed by atoms with Crippen molar-refractivity contribution < 1.29 is 4.79 Å². The van der Waals surface area contributed by atoms with Crippen molar-refractivity contribution in [2.75, 3.05) is 39.3 Å². The van der Waals surface area contributed by atoms with E-state index in [0.29, 0.717) is 13.1 Å². The first kappa shape index (κ1) is 21.2. The molecular weight excluding hydrogens is 384 g/mol. The minimum absolute atomic E-state index is 0.0899. The van der Waals surface area contributed by atoms with Crippen molar-refractivity contribution in [1.82, 2.24) is 20.1 Å². The van der Waals surface area contributed by atoms with Crippen LogP contribution in [-0.2, 0) is 11.2 Å². The maximum absolute atomic E-state index is 12.4. The van der Waals surface area contributed by atoms with Crippen LogP contribution in [-0.4, -0.2) is 60.0 Å². The van der Waals surface area contributed by atoms with Crippen LogP contribution in [0.5, 0.6) is 0 Å². The van der Waals surface area contributed by atoms with Gasteiger partial charge in [0, 0.05) is 51.0 Å². The molecule has 1 fully saturated rings. The van der Waals surface area contributed by atoms with Gasteiger partial charge in [0.2, 0.25) is 5.91 Å². The van der Waals surface area contributed by atoms with Crippen molar-refractivity contribution in [3.8, 4) is 0 Å². The van der Waals surface area contributed by atoms with E-state index in [1.165, 1.54) is 11.1 Å². The molecule has 0 unspecified atom stereocenters. The minimum atomic E-state index is 0.0899. The lowest BCUT2D eigenvalue weighted by molar-refractivity contribution is -0.122. The molecule has 0 aliphatic carbocycles. The molecule has 1 saturated heterocycles. The van der Waals surface area contributed by atoms with Crippen LogP contribution in [0.4, 0.5) is 0 Å². The fourth-order valence-corrected chi connectivity index (χ4v) is 4.20.